The van der Waals surface area contributed by atoms with Crippen molar-refractivity contribution in [1.29, 1.82) is 0 Å². The van der Waals surface area contributed by atoms with Crippen LogP contribution in [0.3, 0.4) is 0 Å². The van der Waals surface area contributed by atoms with E-state index in [0.717, 1.165) is 24.9 Å². The first kappa shape index (κ1) is 21.4. The van der Waals surface area contributed by atoms with Gasteiger partial charge >= 0.3 is 12.0 Å². The van der Waals surface area contributed by atoms with Gasteiger partial charge in [0.1, 0.15) is 0 Å². The number of hydrogen-bond donors (Lipinski definition) is 2. The lowest BCUT2D eigenvalue weighted by Crippen LogP contribution is -2.28. The van der Waals surface area contributed by atoms with Crippen LogP contribution in [0.1, 0.15) is 41.3 Å². The summed E-state index contributed by atoms with van der Waals surface area (Å²) in [6.07, 6.45) is 1.83. The maximum atomic E-state index is 12.1. The third-order valence-corrected chi connectivity index (χ3v) is 4.05. The molecular formula is C22H29N3O3. The highest BCUT2D eigenvalue weighted by Crippen LogP contribution is 2.11. The lowest BCUT2D eigenvalue weighted by molar-refractivity contribution is 0.0500. The number of nitrogens with one attached hydrogen (secondary N) is 2. The number of urea groups is 1. The quantitative estimate of drug-likeness (QED) is 0.507. The number of ether oxygens (including phenoxy) is 1. The molecule has 0 bridgehead atoms. The van der Waals surface area contributed by atoms with Crippen molar-refractivity contribution in [2.24, 2.45) is 0 Å². The molecule has 6 nitrogen and oxygen atoms in total. The Morgan fingerprint density at radius 3 is 2.43 bits per heavy atom. The van der Waals surface area contributed by atoms with Crippen LogP contribution in [-0.4, -0.2) is 37.6 Å². The highest BCUT2D eigenvalue weighted by molar-refractivity contribution is 5.92. The molecule has 0 aliphatic rings. The van der Waals surface area contributed by atoms with Crippen molar-refractivity contribution < 1.29 is 14.3 Å². The van der Waals surface area contributed by atoms with Gasteiger partial charge in [0.15, 0.2) is 0 Å². The Hall–Kier alpha value is -2.86. The molecule has 0 aliphatic heterocycles. The molecule has 2 aromatic carbocycles. The molecule has 2 N–H and O–H groups in total. The number of unbranched alkanes of at least 4 members (excludes halogenated alkanes) is 1. The van der Waals surface area contributed by atoms with Gasteiger partial charge < -0.3 is 20.3 Å². The molecule has 6 heteroatoms. The minimum atomic E-state index is -0.345. The van der Waals surface area contributed by atoms with E-state index in [9.17, 15) is 9.59 Å². The van der Waals surface area contributed by atoms with Crippen LogP contribution in [0.15, 0.2) is 48.5 Å². The number of carbonyl (C=O) groups is 2. The maximum absolute atomic E-state index is 12.1. The summed E-state index contributed by atoms with van der Waals surface area (Å²) in [5.74, 6) is -0.345. The van der Waals surface area contributed by atoms with Crippen molar-refractivity contribution >= 4 is 17.7 Å². The molecule has 0 unspecified atom stereocenters. The second-order valence-electron chi connectivity index (χ2n) is 6.93. The second kappa shape index (κ2) is 11.1. The van der Waals surface area contributed by atoms with E-state index >= 15 is 0 Å². The number of amides is 2. The SMILES string of the molecule is CCCCOC(=O)c1ccc(NC(=O)NCc2cccc(CN(C)C)c2)cc1. The van der Waals surface area contributed by atoms with E-state index in [1.807, 2.05) is 33.2 Å². The van der Waals surface area contributed by atoms with Crippen molar-refractivity contribution in [1.82, 2.24) is 10.2 Å². The number of benzene rings is 2. The zero-order valence-corrected chi connectivity index (χ0v) is 16.8. The second-order valence-corrected chi connectivity index (χ2v) is 6.93. The predicted molar refractivity (Wildman–Crippen MR) is 111 cm³/mol. The first-order valence-corrected chi connectivity index (χ1v) is 9.52. The number of anilines is 1. The van der Waals surface area contributed by atoms with Crippen LogP contribution in [0.5, 0.6) is 0 Å². The summed E-state index contributed by atoms with van der Waals surface area (Å²) >= 11 is 0. The van der Waals surface area contributed by atoms with Crippen LogP contribution in [0, 0.1) is 0 Å². The molecule has 2 rings (SSSR count). The zero-order chi connectivity index (χ0) is 20.4. The molecule has 0 atom stereocenters. The molecule has 0 fully saturated rings. The summed E-state index contributed by atoms with van der Waals surface area (Å²) in [4.78, 5) is 26.1. The molecule has 2 amide bonds. The Balaban J connectivity index is 1.82. The van der Waals surface area contributed by atoms with Crippen molar-refractivity contribution in [3.8, 4) is 0 Å². The molecule has 0 spiro atoms. The van der Waals surface area contributed by atoms with Crippen molar-refractivity contribution in [2.45, 2.75) is 32.9 Å². The first-order chi connectivity index (χ1) is 13.5. The van der Waals surface area contributed by atoms with Crippen LogP contribution in [0.25, 0.3) is 0 Å². The summed E-state index contributed by atoms with van der Waals surface area (Å²) in [6.45, 7) is 3.76. The Morgan fingerprint density at radius 1 is 1.04 bits per heavy atom. The monoisotopic (exact) mass is 383 g/mol. The van der Waals surface area contributed by atoms with Gasteiger partial charge in [-0.3, -0.25) is 0 Å². The topological polar surface area (TPSA) is 70.7 Å². The maximum Gasteiger partial charge on any atom is 0.338 e. The standard InChI is InChI=1S/C22H29N3O3/c1-4-5-13-28-21(26)19-9-11-20(12-10-19)24-22(27)23-15-17-7-6-8-18(14-17)16-25(2)3/h6-12,14H,4-5,13,15-16H2,1-3H3,(H2,23,24,27). The summed E-state index contributed by atoms with van der Waals surface area (Å²) in [5, 5.41) is 5.61. The van der Waals surface area contributed by atoms with E-state index < -0.39 is 0 Å². The van der Waals surface area contributed by atoms with Crippen LogP contribution in [-0.2, 0) is 17.8 Å². The highest BCUT2D eigenvalue weighted by Gasteiger charge is 2.08. The third kappa shape index (κ3) is 7.40. The molecule has 150 valence electrons. The van der Waals surface area contributed by atoms with E-state index in [0.29, 0.717) is 24.4 Å². The van der Waals surface area contributed by atoms with Gasteiger partial charge in [0, 0.05) is 18.8 Å². The fourth-order valence-electron chi connectivity index (χ4n) is 2.64. The number of carbonyl (C=O) groups excluding carboxylic acids is 2. The summed E-state index contributed by atoms with van der Waals surface area (Å²) in [6, 6.07) is 14.5. The molecule has 0 aliphatic carbocycles. The predicted octanol–water partition coefficient (Wildman–Crippen LogP) is 4.03. The van der Waals surface area contributed by atoms with E-state index in [2.05, 4.69) is 27.7 Å². The summed E-state index contributed by atoms with van der Waals surface area (Å²) in [7, 11) is 4.04. The normalized spacial score (nSPS) is 10.6. The fraction of sp³-hybridized carbons (Fsp3) is 0.364. The van der Waals surface area contributed by atoms with E-state index in [4.69, 9.17) is 4.74 Å². The van der Waals surface area contributed by atoms with Crippen LogP contribution in [0.2, 0.25) is 0 Å². The van der Waals surface area contributed by atoms with Crippen LogP contribution in [0.4, 0.5) is 10.5 Å². The molecule has 0 aromatic heterocycles. The summed E-state index contributed by atoms with van der Waals surface area (Å²) in [5.41, 5.74) is 3.33. The Kier molecular flexibility index (Phi) is 8.49. The van der Waals surface area contributed by atoms with E-state index in [1.165, 1.54) is 5.56 Å². The summed E-state index contributed by atoms with van der Waals surface area (Å²) < 4.78 is 5.17. The fourth-order valence-corrected chi connectivity index (χ4v) is 2.64. The number of nitrogens with zero attached hydrogens (tertiary/aromatic N) is 1. The van der Waals surface area contributed by atoms with Gasteiger partial charge in [-0.05, 0) is 55.9 Å². The van der Waals surface area contributed by atoms with Gasteiger partial charge in [-0.2, -0.15) is 0 Å². The third-order valence-electron chi connectivity index (χ3n) is 4.05. The first-order valence-electron chi connectivity index (χ1n) is 9.52. The number of hydrogen-bond acceptors (Lipinski definition) is 4. The number of esters is 1. The molecule has 0 saturated heterocycles. The Bertz CT molecular complexity index is 773. The van der Waals surface area contributed by atoms with Crippen LogP contribution < -0.4 is 10.6 Å². The van der Waals surface area contributed by atoms with Gasteiger partial charge in [-0.1, -0.05) is 37.6 Å². The molecule has 28 heavy (non-hydrogen) atoms. The molecule has 0 radical (unpaired) electrons. The van der Waals surface area contributed by atoms with Gasteiger partial charge in [0.25, 0.3) is 0 Å². The lowest BCUT2D eigenvalue weighted by atomic mass is 10.1. The van der Waals surface area contributed by atoms with E-state index in [1.54, 1.807) is 24.3 Å². The molecular weight excluding hydrogens is 354 g/mol. The van der Waals surface area contributed by atoms with Crippen molar-refractivity contribution in [2.75, 3.05) is 26.0 Å². The Labute approximate surface area is 166 Å². The largest absolute Gasteiger partial charge is 0.462 e. The van der Waals surface area contributed by atoms with Gasteiger partial charge in [-0.15, -0.1) is 0 Å². The zero-order valence-electron chi connectivity index (χ0n) is 16.8. The van der Waals surface area contributed by atoms with Crippen molar-refractivity contribution in [3.05, 3.63) is 65.2 Å². The average Bonchev–Trinajstić information content (AvgIpc) is 2.67. The molecule has 0 heterocycles. The Morgan fingerprint density at radius 2 is 1.75 bits per heavy atom. The lowest BCUT2D eigenvalue weighted by Gasteiger charge is -2.12. The highest BCUT2D eigenvalue weighted by atomic mass is 16.5. The average molecular weight is 383 g/mol. The van der Waals surface area contributed by atoms with Crippen molar-refractivity contribution in [3.63, 3.8) is 0 Å². The molecule has 2 aromatic rings. The smallest absolute Gasteiger partial charge is 0.338 e. The minimum Gasteiger partial charge on any atom is -0.462 e. The van der Waals surface area contributed by atoms with Gasteiger partial charge in [0.2, 0.25) is 0 Å². The minimum absolute atomic E-state index is 0.295. The van der Waals surface area contributed by atoms with Crippen LogP contribution >= 0.6 is 0 Å². The molecule has 0 saturated carbocycles. The van der Waals surface area contributed by atoms with E-state index in [-0.39, 0.29) is 12.0 Å². The van der Waals surface area contributed by atoms with Gasteiger partial charge in [0.05, 0.1) is 12.2 Å². The number of rotatable bonds is 9. The van der Waals surface area contributed by atoms with Gasteiger partial charge in [-0.25, -0.2) is 9.59 Å².